The van der Waals surface area contributed by atoms with Gasteiger partial charge in [-0.2, -0.15) is 0 Å². The zero-order valence-corrected chi connectivity index (χ0v) is 14.7. The van der Waals surface area contributed by atoms with E-state index in [1.165, 1.54) is 0 Å². The summed E-state index contributed by atoms with van der Waals surface area (Å²) in [4.78, 5) is 26.7. The molecule has 1 aromatic carbocycles. The van der Waals surface area contributed by atoms with Crippen molar-refractivity contribution in [3.63, 3.8) is 0 Å². The van der Waals surface area contributed by atoms with Gasteiger partial charge in [-0.05, 0) is 37.5 Å². The Morgan fingerprint density at radius 2 is 1.92 bits per heavy atom. The topological polar surface area (TPSA) is 62.5 Å². The third-order valence-corrected chi connectivity index (χ3v) is 5.19. The zero-order valence-electron chi connectivity index (χ0n) is 14.7. The highest BCUT2D eigenvalue weighted by atomic mass is 16.3. The molecular formula is C20H24N2O3. The minimum absolute atomic E-state index is 0.103. The molecule has 2 aromatic rings. The van der Waals surface area contributed by atoms with E-state index in [4.69, 9.17) is 0 Å². The molecule has 5 nitrogen and oxygen atoms in total. The largest absolute Gasteiger partial charge is 0.390 e. The molecule has 0 bridgehead atoms. The van der Waals surface area contributed by atoms with Crippen LogP contribution in [0.4, 0.5) is 0 Å². The van der Waals surface area contributed by atoms with Crippen LogP contribution in [0, 0.1) is 5.92 Å². The summed E-state index contributed by atoms with van der Waals surface area (Å²) in [5.74, 6) is -1.09. The van der Waals surface area contributed by atoms with E-state index >= 15 is 0 Å². The summed E-state index contributed by atoms with van der Waals surface area (Å²) in [6.45, 7) is 2.60. The number of piperidine rings is 1. The van der Waals surface area contributed by atoms with Gasteiger partial charge in [0.05, 0.1) is 11.3 Å². The van der Waals surface area contributed by atoms with Gasteiger partial charge >= 0.3 is 0 Å². The van der Waals surface area contributed by atoms with E-state index in [1.54, 1.807) is 34.8 Å². The van der Waals surface area contributed by atoms with Crippen LogP contribution in [0.25, 0.3) is 0 Å². The number of ketones is 1. The second-order valence-electron chi connectivity index (χ2n) is 7.08. The minimum Gasteiger partial charge on any atom is -0.390 e. The number of aromatic nitrogens is 1. The molecule has 2 atom stereocenters. The number of amides is 1. The number of nitrogens with zero attached hydrogens (tertiary/aromatic N) is 2. The lowest BCUT2D eigenvalue weighted by Gasteiger charge is -2.42. The van der Waals surface area contributed by atoms with Crippen molar-refractivity contribution in [1.29, 1.82) is 0 Å². The van der Waals surface area contributed by atoms with Crippen LogP contribution in [0.3, 0.4) is 0 Å². The first kappa shape index (κ1) is 17.4. The molecule has 0 radical (unpaired) electrons. The number of carbonyl (C=O) groups is 2. The van der Waals surface area contributed by atoms with Crippen LogP contribution in [0.2, 0.25) is 0 Å². The van der Waals surface area contributed by atoms with Crippen LogP contribution in [0.1, 0.15) is 29.4 Å². The smallest absolute Gasteiger partial charge is 0.296 e. The summed E-state index contributed by atoms with van der Waals surface area (Å²) in [6.07, 6.45) is 2.90. The zero-order chi connectivity index (χ0) is 18.0. The Bertz CT molecular complexity index is 764. The lowest BCUT2D eigenvalue weighted by molar-refractivity contribution is -0.134. The number of rotatable bonds is 4. The molecule has 1 saturated heterocycles. The quantitative estimate of drug-likeness (QED) is 0.684. The molecule has 1 aromatic heterocycles. The summed E-state index contributed by atoms with van der Waals surface area (Å²) in [5, 5.41) is 10.7. The van der Waals surface area contributed by atoms with Gasteiger partial charge in [0.25, 0.3) is 11.7 Å². The van der Waals surface area contributed by atoms with Gasteiger partial charge in [0.2, 0.25) is 0 Å². The lowest BCUT2D eigenvalue weighted by atomic mass is 9.78. The van der Waals surface area contributed by atoms with Crippen LogP contribution in [0.5, 0.6) is 0 Å². The number of likely N-dealkylation sites (tertiary alicyclic amines) is 1. The average Bonchev–Trinajstić information content (AvgIpc) is 3.02. The van der Waals surface area contributed by atoms with Crippen LogP contribution in [-0.2, 0) is 18.3 Å². The fourth-order valence-electron chi connectivity index (χ4n) is 3.44. The van der Waals surface area contributed by atoms with Gasteiger partial charge in [0.1, 0.15) is 0 Å². The van der Waals surface area contributed by atoms with Gasteiger partial charge in [-0.25, -0.2) is 0 Å². The minimum atomic E-state index is -0.847. The standard InChI is InChI=1S/C20H24N2O3/c1-20(25)10-12-22(14-16(20)13-15-7-4-3-5-8-15)19(24)18(23)17-9-6-11-21(17)2/h3-9,11,16,25H,10,12-14H2,1-2H3/t16-,20+/m0/s1. The maximum Gasteiger partial charge on any atom is 0.296 e. The Hall–Kier alpha value is -2.40. The maximum atomic E-state index is 12.6. The number of hydrogen-bond acceptors (Lipinski definition) is 3. The molecule has 3 rings (SSSR count). The second-order valence-corrected chi connectivity index (χ2v) is 7.08. The first-order valence-electron chi connectivity index (χ1n) is 8.60. The fraction of sp³-hybridized carbons (Fsp3) is 0.400. The molecule has 1 N–H and O–H groups in total. The Labute approximate surface area is 147 Å². The predicted octanol–water partition coefficient (Wildman–Crippen LogP) is 2.05. The highest BCUT2D eigenvalue weighted by molar-refractivity contribution is 6.42. The molecule has 1 amide bonds. The number of aliphatic hydroxyl groups is 1. The Morgan fingerprint density at radius 3 is 2.56 bits per heavy atom. The number of benzene rings is 1. The van der Waals surface area contributed by atoms with Crippen molar-refractivity contribution >= 4 is 11.7 Å². The summed E-state index contributed by atoms with van der Waals surface area (Å²) < 4.78 is 1.65. The van der Waals surface area contributed by atoms with Crippen LogP contribution in [-0.4, -0.2) is 45.0 Å². The molecule has 1 aliphatic rings. The van der Waals surface area contributed by atoms with E-state index < -0.39 is 17.3 Å². The molecule has 0 spiro atoms. The summed E-state index contributed by atoms with van der Waals surface area (Å²) in [5.41, 5.74) is 0.665. The van der Waals surface area contributed by atoms with Crippen molar-refractivity contribution in [1.82, 2.24) is 9.47 Å². The maximum absolute atomic E-state index is 12.6. The second kappa shape index (κ2) is 6.84. The summed E-state index contributed by atoms with van der Waals surface area (Å²) >= 11 is 0. The van der Waals surface area contributed by atoms with E-state index in [0.29, 0.717) is 31.6 Å². The molecule has 0 aliphatic carbocycles. The van der Waals surface area contributed by atoms with Gasteiger partial charge in [-0.15, -0.1) is 0 Å². The summed E-state index contributed by atoms with van der Waals surface area (Å²) in [7, 11) is 1.75. The molecule has 25 heavy (non-hydrogen) atoms. The van der Waals surface area contributed by atoms with Gasteiger partial charge in [-0.1, -0.05) is 30.3 Å². The van der Waals surface area contributed by atoms with Gasteiger partial charge in [0.15, 0.2) is 0 Å². The Morgan fingerprint density at radius 1 is 1.20 bits per heavy atom. The van der Waals surface area contributed by atoms with Gasteiger partial charge in [-0.3, -0.25) is 9.59 Å². The van der Waals surface area contributed by atoms with Gasteiger partial charge in [0, 0.05) is 32.3 Å². The van der Waals surface area contributed by atoms with E-state index in [1.807, 2.05) is 37.3 Å². The Kier molecular flexibility index (Phi) is 4.77. The molecular weight excluding hydrogens is 316 g/mol. The number of aryl methyl sites for hydroxylation is 1. The van der Waals surface area contributed by atoms with Crippen molar-refractivity contribution in [2.24, 2.45) is 13.0 Å². The molecule has 132 valence electrons. The van der Waals surface area contributed by atoms with E-state index in [0.717, 1.165) is 5.56 Å². The number of hydrogen-bond donors (Lipinski definition) is 1. The first-order valence-corrected chi connectivity index (χ1v) is 8.60. The fourth-order valence-corrected chi connectivity index (χ4v) is 3.44. The van der Waals surface area contributed by atoms with Gasteiger partial charge < -0.3 is 14.6 Å². The molecule has 1 fully saturated rings. The lowest BCUT2D eigenvalue weighted by Crippen LogP contribution is -2.54. The normalized spacial score (nSPS) is 23.5. The van der Waals surface area contributed by atoms with Crippen molar-refractivity contribution in [2.45, 2.75) is 25.4 Å². The molecule has 5 heteroatoms. The highest BCUT2D eigenvalue weighted by Crippen LogP contribution is 2.30. The monoisotopic (exact) mass is 340 g/mol. The number of carbonyl (C=O) groups excluding carboxylic acids is 2. The molecule has 0 unspecified atom stereocenters. The van der Waals surface area contributed by atoms with Crippen LogP contribution >= 0.6 is 0 Å². The summed E-state index contributed by atoms with van der Waals surface area (Å²) in [6, 6.07) is 13.3. The van der Waals surface area contributed by atoms with E-state index in [2.05, 4.69) is 0 Å². The van der Waals surface area contributed by atoms with Crippen molar-refractivity contribution in [3.05, 3.63) is 59.9 Å². The number of Topliss-reactive ketones (excluding diaryl/α,β-unsaturated/α-hetero) is 1. The van der Waals surface area contributed by atoms with Crippen molar-refractivity contribution < 1.29 is 14.7 Å². The van der Waals surface area contributed by atoms with E-state index in [-0.39, 0.29) is 5.92 Å². The van der Waals surface area contributed by atoms with Crippen molar-refractivity contribution in [2.75, 3.05) is 13.1 Å². The molecule has 2 heterocycles. The third-order valence-electron chi connectivity index (χ3n) is 5.19. The van der Waals surface area contributed by atoms with E-state index in [9.17, 15) is 14.7 Å². The predicted molar refractivity (Wildman–Crippen MR) is 95.2 cm³/mol. The Balaban J connectivity index is 1.74. The average molecular weight is 340 g/mol. The highest BCUT2D eigenvalue weighted by Gasteiger charge is 2.40. The van der Waals surface area contributed by atoms with Crippen molar-refractivity contribution in [3.8, 4) is 0 Å². The first-order chi connectivity index (χ1) is 11.9. The molecule has 0 saturated carbocycles. The molecule has 1 aliphatic heterocycles. The third kappa shape index (κ3) is 3.66. The van der Waals surface area contributed by atoms with Crippen LogP contribution < -0.4 is 0 Å². The van der Waals surface area contributed by atoms with Crippen LogP contribution in [0.15, 0.2) is 48.7 Å². The SMILES string of the molecule is Cn1cccc1C(=O)C(=O)N1CC[C@@](C)(O)[C@@H](Cc2ccccc2)C1.